The molecule has 0 spiro atoms. The highest BCUT2D eigenvalue weighted by molar-refractivity contribution is 4.68. The molecule has 0 aromatic rings. The second-order valence-corrected chi connectivity index (χ2v) is 2.33. The quantitative estimate of drug-likeness (QED) is 0.466. The van der Waals surface area contributed by atoms with E-state index < -0.39 is 5.72 Å². The zero-order valence-corrected chi connectivity index (χ0v) is 5.80. The van der Waals surface area contributed by atoms with Gasteiger partial charge in [-0.15, -0.1) is 0 Å². The molecule has 0 heterocycles. The van der Waals surface area contributed by atoms with Crippen molar-refractivity contribution in [2.75, 3.05) is 6.61 Å². The Hall–Kier alpha value is -0.120. The summed E-state index contributed by atoms with van der Waals surface area (Å²) < 4.78 is 0. The van der Waals surface area contributed by atoms with Crippen molar-refractivity contribution < 1.29 is 10.2 Å². The zero-order valence-electron chi connectivity index (χ0n) is 5.80. The summed E-state index contributed by atoms with van der Waals surface area (Å²) >= 11 is 0. The predicted octanol–water partition coefficient (Wildman–Crippen LogP) is -0.184. The first-order valence-corrected chi connectivity index (χ1v) is 3.24. The molecule has 0 aliphatic heterocycles. The Bertz CT molecular complexity index is 65.5. The fraction of sp³-hybridized carbons (Fsp3) is 1.00. The van der Waals surface area contributed by atoms with Crippen molar-refractivity contribution >= 4 is 0 Å². The van der Waals surface area contributed by atoms with E-state index in [4.69, 9.17) is 15.9 Å². The highest BCUT2D eigenvalue weighted by Crippen LogP contribution is 2.08. The molecule has 0 saturated carbocycles. The van der Waals surface area contributed by atoms with Gasteiger partial charge in [0, 0.05) is 13.0 Å². The van der Waals surface area contributed by atoms with Gasteiger partial charge in [-0.3, -0.25) is 0 Å². The molecule has 56 valence electrons. The number of rotatable bonds is 4. The van der Waals surface area contributed by atoms with Crippen LogP contribution in [0.3, 0.4) is 0 Å². The third kappa shape index (κ3) is 4.39. The van der Waals surface area contributed by atoms with E-state index in [1.807, 2.05) is 6.92 Å². The van der Waals surface area contributed by atoms with Crippen LogP contribution in [-0.2, 0) is 0 Å². The van der Waals surface area contributed by atoms with E-state index in [0.717, 1.165) is 6.42 Å². The number of aliphatic hydroxyl groups excluding tert-OH is 1. The topological polar surface area (TPSA) is 66.5 Å². The molecule has 0 aliphatic carbocycles. The van der Waals surface area contributed by atoms with Crippen molar-refractivity contribution in [3.63, 3.8) is 0 Å². The molecule has 9 heavy (non-hydrogen) atoms. The van der Waals surface area contributed by atoms with Crippen LogP contribution in [0, 0.1) is 0 Å². The van der Waals surface area contributed by atoms with Gasteiger partial charge in [0.05, 0.1) is 0 Å². The van der Waals surface area contributed by atoms with Crippen LogP contribution in [-0.4, -0.2) is 22.5 Å². The van der Waals surface area contributed by atoms with E-state index in [1.54, 1.807) is 0 Å². The molecule has 0 bridgehead atoms. The van der Waals surface area contributed by atoms with Crippen molar-refractivity contribution in [3.8, 4) is 0 Å². The number of nitrogens with two attached hydrogens (primary N) is 1. The number of aliphatic hydroxyl groups is 2. The van der Waals surface area contributed by atoms with E-state index in [9.17, 15) is 0 Å². The molecule has 0 unspecified atom stereocenters. The van der Waals surface area contributed by atoms with Crippen LogP contribution in [0.5, 0.6) is 0 Å². The van der Waals surface area contributed by atoms with E-state index in [2.05, 4.69) is 0 Å². The molecule has 1 atom stereocenters. The monoisotopic (exact) mass is 133 g/mol. The first-order chi connectivity index (χ1) is 4.12. The maximum absolute atomic E-state index is 9.13. The van der Waals surface area contributed by atoms with Crippen LogP contribution in [0.15, 0.2) is 0 Å². The van der Waals surface area contributed by atoms with Crippen LogP contribution in [0.2, 0.25) is 0 Å². The van der Waals surface area contributed by atoms with Crippen molar-refractivity contribution in [3.05, 3.63) is 0 Å². The van der Waals surface area contributed by atoms with Gasteiger partial charge in [0.25, 0.3) is 0 Å². The van der Waals surface area contributed by atoms with Gasteiger partial charge in [-0.05, 0) is 6.42 Å². The summed E-state index contributed by atoms with van der Waals surface area (Å²) in [5.74, 6) is 0. The second-order valence-electron chi connectivity index (χ2n) is 2.33. The molecule has 0 aromatic carbocycles. The van der Waals surface area contributed by atoms with Gasteiger partial charge in [-0.1, -0.05) is 13.3 Å². The fourth-order valence-corrected chi connectivity index (χ4v) is 0.752. The van der Waals surface area contributed by atoms with Crippen molar-refractivity contribution in [1.29, 1.82) is 0 Å². The first kappa shape index (κ1) is 8.88. The van der Waals surface area contributed by atoms with Gasteiger partial charge >= 0.3 is 0 Å². The van der Waals surface area contributed by atoms with Gasteiger partial charge < -0.3 is 15.9 Å². The maximum atomic E-state index is 9.13. The van der Waals surface area contributed by atoms with E-state index in [0.29, 0.717) is 6.42 Å². The smallest absolute Gasteiger partial charge is 0.115 e. The van der Waals surface area contributed by atoms with Crippen molar-refractivity contribution in [2.24, 2.45) is 5.73 Å². The van der Waals surface area contributed by atoms with Crippen molar-refractivity contribution in [1.82, 2.24) is 0 Å². The highest BCUT2D eigenvalue weighted by Gasteiger charge is 2.17. The van der Waals surface area contributed by atoms with Gasteiger partial charge in [0.15, 0.2) is 0 Å². The van der Waals surface area contributed by atoms with E-state index >= 15 is 0 Å². The third-order valence-corrected chi connectivity index (χ3v) is 1.23. The van der Waals surface area contributed by atoms with Crippen LogP contribution in [0.1, 0.15) is 26.2 Å². The third-order valence-electron chi connectivity index (χ3n) is 1.23. The molecular weight excluding hydrogens is 118 g/mol. The summed E-state index contributed by atoms with van der Waals surface area (Å²) in [6, 6.07) is 0. The lowest BCUT2D eigenvalue weighted by molar-refractivity contribution is 0.0132. The molecule has 0 radical (unpaired) electrons. The summed E-state index contributed by atoms with van der Waals surface area (Å²) in [4.78, 5) is 0. The van der Waals surface area contributed by atoms with Gasteiger partial charge in [0.1, 0.15) is 5.72 Å². The molecule has 0 saturated heterocycles. The minimum Gasteiger partial charge on any atom is -0.396 e. The summed E-state index contributed by atoms with van der Waals surface area (Å²) in [5.41, 5.74) is 4.18. The largest absolute Gasteiger partial charge is 0.396 e. The minimum absolute atomic E-state index is 0.0486. The summed E-state index contributed by atoms with van der Waals surface area (Å²) in [6.07, 6.45) is 1.65. The van der Waals surface area contributed by atoms with Crippen molar-refractivity contribution in [2.45, 2.75) is 31.9 Å². The lowest BCUT2D eigenvalue weighted by Crippen LogP contribution is -2.40. The predicted molar refractivity (Wildman–Crippen MR) is 35.7 cm³/mol. The zero-order chi connectivity index (χ0) is 7.33. The summed E-state index contributed by atoms with van der Waals surface area (Å²) in [7, 11) is 0. The van der Waals surface area contributed by atoms with Gasteiger partial charge in [-0.2, -0.15) is 0 Å². The highest BCUT2D eigenvalue weighted by atomic mass is 16.3. The molecular formula is C6H15NO2. The molecule has 3 nitrogen and oxygen atoms in total. The average Bonchev–Trinajstić information content (AvgIpc) is 1.64. The number of hydrogen-bond acceptors (Lipinski definition) is 3. The molecule has 0 fully saturated rings. The molecule has 4 N–H and O–H groups in total. The first-order valence-electron chi connectivity index (χ1n) is 3.24. The molecule has 0 aromatic heterocycles. The van der Waals surface area contributed by atoms with Crippen LogP contribution in [0.25, 0.3) is 0 Å². The lowest BCUT2D eigenvalue weighted by Gasteiger charge is -2.20. The van der Waals surface area contributed by atoms with Gasteiger partial charge in [0.2, 0.25) is 0 Å². The Morgan fingerprint density at radius 2 is 2.00 bits per heavy atom. The Kier molecular flexibility index (Phi) is 3.77. The maximum Gasteiger partial charge on any atom is 0.115 e. The van der Waals surface area contributed by atoms with E-state index in [1.165, 1.54) is 0 Å². The molecule has 0 aliphatic rings. The molecule has 0 rings (SSSR count). The summed E-state index contributed by atoms with van der Waals surface area (Å²) in [5, 5.41) is 17.5. The fourth-order valence-electron chi connectivity index (χ4n) is 0.752. The second kappa shape index (κ2) is 3.82. The average molecular weight is 133 g/mol. The van der Waals surface area contributed by atoms with Crippen LogP contribution >= 0.6 is 0 Å². The minimum atomic E-state index is -1.15. The molecule has 0 amide bonds. The number of hydrogen-bond donors (Lipinski definition) is 3. The van der Waals surface area contributed by atoms with Crippen LogP contribution in [0.4, 0.5) is 0 Å². The lowest BCUT2D eigenvalue weighted by atomic mass is 10.1. The Morgan fingerprint density at radius 3 is 2.33 bits per heavy atom. The Labute approximate surface area is 55.5 Å². The molecule has 3 heteroatoms. The summed E-state index contributed by atoms with van der Waals surface area (Å²) in [6.45, 7) is 1.89. The standard InChI is InChI=1S/C6H15NO2/c1-2-3-6(7,9)4-5-8/h8-9H,2-5,7H2,1H3/t6-/m0/s1. The Balaban J connectivity index is 3.43. The van der Waals surface area contributed by atoms with Gasteiger partial charge in [-0.25, -0.2) is 0 Å². The normalized spacial score (nSPS) is 17.3. The Morgan fingerprint density at radius 1 is 1.44 bits per heavy atom. The SMILES string of the molecule is CCC[C@](N)(O)CCO. The van der Waals surface area contributed by atoms with Crippen LogP contribution < -0.4 is 5.73 Å². The van der Waals surface area contributed by atoms with E-state index in [-0.39, 0.29) is 13.0 Å².